The second-order valence-electron chi connectivity index (χ2n) is 7.83. The molecule has 1 fully saturated rings. The summed E-state index contributed by atoms with van der Waals surface area (Å²) in [6.07, 6.45) is 4.52. The molecule has 1 N–H and O–H groups in total. The quantitative estimate of drug-likeness (QED) is 0.902. The minimum Gasteiger partial charge on any atom is -0.396 e. The third kappa shape index (κ3) is 5.35. The van der Waals surface area contributed by atoms with Gasteiger partial charge in [0.2, 0.25) is 5.91 Å². The van der Waals surface area contributed by atoms with E-state index in [0.29, 0.717) is 6.42 Å². The normalized spacial score (nSPS) is 19.0. The first-order valence-electron chi connectivity index (χ1n) is 8.88. The van der Waals surface area contributed by atoms with Gasteiger partial charge in [-0.3, -0.25) is 4.79 Å². The fourth-order valence-electron chi connectivity index (χ4n) is 3.21. The van der Waals surface area contributed by atoms with Crippen LogP contribution in [0.2, 0.25) is 0 Å². The van der Waals surface area contributed by atoms with Crippen molar-refractivity contribution < 1.29 is 9.90 Å². The predicted octanol–water partition coefficient (Wildman–Crippen LogP) is 3.54. The van der Waals surface area contributed by atoms with Crippen molar-refractivity contribution in [1.82, 2.24) is 4.90 Å². The van der Waals surface area contributed by atoms with E-state index in [4.69, 9.17) is 0 Å². The molecule has 0 spiro atoms. The van der Waals surface area contributed by atoms with Gasteiger partial charge in [-0.1, -0.05) is 45.0 Å². The molecule has 1 unspecified atom stereocenters. The van der Waals surface area contributed by atoms with Gasteiger partial charge in [0.15, 0.2) is 0 Å². The molecular weight excluding hydrogens is 286 g/mol. The zero-order valence-corrected chi connectivity index (χ0v) is 14.8. The van der Waals surface area contributed by atoms with Gasteiger partial charge in [-0.2, -0.15) is 0 Å². The molecule has 1 aliphatic rings. The Labute approximate surface area is 140 Å². The summed E-state index contributed by atoms with van der Waals surface area (Å²) in [7, 11) is 0. The van der Waals surface area contributed by atoms with Gasteiger partial charge in [0.1, 0.15) is 0 Å². The Morgan fingerprint density at radius 3 is 2.57 bits per heavy atom. The lowest BCUT2D eigenvalue weighted by Crippen LogP contribution is -2.40. The van der Waals surface area contributed by atoms with Crippen LogP contribution < -0.4 is 0 Å². The number of piperidine rings is 1. The molecule has 0 radical (unpaired) electrons. The van der Waals surface area contributed by atoms with Gasteiger partial charge in [-0.15, -0.1) is 0 Å². The molecule has 128 valence electrons. The number of hydrogen-bond acceptors (Lipinski definition) is 2. The highest BCUT2D eigenvalue weighted by Crippen LogP contribution is 2.23. The van der Waals surface area contributed by atoms with Gasteiger partial charge in [0, 0.05) is 26.1 Å². The van der Waals surface area contributed by atoms with Gasteiger partial charge < -0.3 is 10.0 Å². The number of nitrogens with zero attached hydrogens (tertiary/aromatic N) is 1. The van der Waals surface area contributed by atoms with E-state index >= 15 is 0 Å². The highest BCUT2D eigenvalue weighted by molar-refractivity contribution is 5.76. The van der Waals surface area contributed by atoms with Crippen molar-refractivity contribution in [1.29, 1.82) is 0 Å². The monoisotopic (exact) mass is 317 g/mol. The van der Waals surface area contributed by atoms with Crippen LogP contribution in [0.1, 0.15) is 57.6 Å². The Morgan fingerprint density at radius 2 is 1.96 bits per heavy atom. The second-order valence-corrected chi connectivity index (χ2v) is 7.83. The molecule has 1 amide bonds. The zero-order valence-electron chi connectivity index (χ0n) is 14.8. The Hall–Kier alpha value is -1.35. The van der Waals surface area contributed by atoms with Crippen molar-refractivity contribution in [2.75, 3.05) is 19.7 Å². The third-order valence-corrected chi connectivity index (χ3v) is 4.81. The fourth-order valence-corrected chi connectivity index (χ4v) is 3.21. The summed E-state index contributed by atoms with van der Waals surface area (Å²) in [4.78, 5) is 14.2. The van der Waals surface area contributed by atoms with E-state index in [2.05, 4.69) is 45.0 Å². The molecule has 3 heteroatoms. The zero-order chi connectivity index (χ0) is 16.9. The SMILES string of the molecule is CC(C)(C)c1ccc(CCCC(=O)N2CCCC(CO)C2)cc1. The molecule has 0 saturated carbocycles. The van der Waals surface area contributed by atoms with Crippen LogP contribution in [0.3, 0.4) is 0 Å². The fraction of sp³-hybridized carbons (Fsp3) is 0.650. The van der Waals surface area contributed by atoms with Crippen LogP contribution in [-0.4, -0.2) is 35.6 Å². The van der Waals surface area contributed by atoms with Gasteiger partial charge in [-0.05, 0) is 48.1 Å². The summed E-state index contributed by atoms with van der Waals surface area (Å²) in [6.45, 7) is 8.45. The van der Waals surface area contributed by atoms with E-state index in [1.807, 2.05) is 4.90 Å². The maximum absolute atomic E-state index is 12.3. The number of benzene rings is 1. The number of amides is 1. The molecule has 3 nitrogen and oxygen atoms in total. The number of rotatable bonds is 5. The smallest absolute Gasteiger partial charge is 0.222 e. The Balaban J connectivity index is 1.77. The lowest BCUT2D eigenvalue weighted by atomic mass is 9.86. The lowest BCUT2D eigenvalue weighted by molar-refractivity contribution is -0.133. The van der Waals surface area contributed by atoms with Gasteiger partial charge in [-0.25, -0.2) is 0 Å². The summed E-state index contributed by atoms with van der Waals surface area (Å²) in [6, 6.07) is 8.78. The minimum absolute atomic E-state index is 0.187. The standard InChI is InChI=1S/C20H31NO2/c1-20(2,3)18-11-9-16(10-12-18)6-4-8-19(23)21-13-5-7-17(14-21)15-22/h9-12,17,22H,4-8,13-15H2,1-3H3. The average Bonchev–Trinajstić information content (AvgIpc) is 2.54. The maximum atomic E-state index is 12.3. The number of hydrogen-bond donors (Lipinski definition) is 1. The van der Waals surface area contributed by atoms with E-state index < -0.39 is 0 Å². The van der Waals surface area contributed by atoms with Crippen LogP contribution in [-0.2, 0) is 16.6 Å². The van der Waals surface area contributed by atoms with Crippen LogP contribution in [0.15, 0.2) is 24.3 Å². The minimum atomic E-state index is 0.187. The lowest BCUT2D eigenvalue weighted by Gasteiger charge is -2.32. The van der Waals surface area contributed by atoms with Crippen LogP contribution in [0.25, 0.3) is 0 Å². The van der Waals surface area contributed by atoms with Crippen molar-refractivity contribution in [3.8, 4) is 0 Å². The number of aryl methyl sites for hydroxylation is 1. The number of aliphatic hydroxyl groups excluding tert-OH is 1. The third-order valence-electron chi connectivity index (χ3n) is 4.81. The summed E-state index contributed by atoms with van der Waals surface area (Å²) in [5, 5.41) is 9.26. The van der Waals surface area contributed by atoms with E-state index in [-0.39, 0.29) is 23.8 Å². The second kappa shape index (κ2) is 7.96. The first-order chi connectivity index (χ1) is 10.9. The van der Waals surface area contributed by atoms with Crippen molar-refractivity contribution in [2.24, 2.45) is 5.92 Å². The Bertz CT molecular complexity index is 501. The van der Waals surface area contributed by atoms with Crippen molar-refractivity contribution in [3.63, 3.8) is 0 Å². The Morgan fingerprint density at radius 1 is 1.26 bits per heavy atom. The molecule has 1 aromatic carbocycles. The molecular formula is C20H31NO2. The van der Waals surface area contributed by atoms with E-state index in [1.165, 1.54) is 11.1 Å². The van der Waals surface area contributed by atoms with E-state index in [1.54, 1.807) is 0 Å². The van der Waals surface area contributed by atoms with Crippen LogP contribution in [0.4, 0.5) is 0 Å². The molecule has 1 aliphatic heterocycles. The number of carbonyl (C=O) groups is 1. The van der Waals surface area contributed by atoms with Gasteiger partial charge in [0.25, 0.3) is 0 Å². The van der Waals surface area contributed by atoms with Crippen LogP contribution >= 0.6 is 0 Å². The number of likely N-dealkylation sites (tertiary alicyclic amines) is 1. The van der Waals surface area contributed by atoms with Crippen LogP contribution in [0, 0.1) is 5.92 Å². The Kier molecular flexibility index (Phi) is 6.23. The summed E-state index contributed by atoms with van der Waals surface area (Å²) < 4.78 is 0. The van der Waals surface area contributed by atoms with E-state index in [9.17, 15) is 9.90 Å². The van der Waals surface area contributed by atoms with Gasteiger partial charge >= 0.3 is 0 Å². The average molecular weight is 317 g/mol. The maximum Gasteiger partial charge on any atom is 0.222 e. The van der Waals surface area contributed by atoms with Gasteiger partial charge in [0.05, 0.1) is 0 Å². The molecule has 23 heavy (non-hydrogen) atoms. The highest BCUT2D eigenvalue weighted by Gasteiger charge is 2.22. The predicted molar refractivity (Wildman–Crippen MR) is 94.5 cm³/mol. The summed E-state index contributed by atoms with van der Waals surface area (Å²) in [5.74, 6) is 0.520. The molecule has 0 bridgehead atoms. The first kappa shape index (κ1) is 18.0. The molecule has 1 heterocycles. The number of aliphatic hydroxyl groups is 1. The highest BCUT2D eigenvalue weighted by atomic mass is 16.3. The largest absolute Gasteiger partial charge is 0.396 e. The molecule has 2 rings (SSSR count). The van der Waals surface area contributed by atoms with Crippen LogP contribution in [0.5, 0.6) is 0 Å². The summed E-state index contributed by atoms with van der Waals surface area (Å²) in [5.41, 5.74) is 2.84. The van der Waals surface area contributed by atoms with Crippen molar-refractivity contribution >= 4 is 5.91 Å². The topological polar surface area (TPSA) is 40.5 Å². The van der Waals surface area contributed by atoms with Crippen molar-refractivity contribution in [2.45, 2.75) is 58.3 Å². The molecule has 0 aliphatic carbocycles. The number of carbonyl (C=O) groups excluding carboxylic acids is 1. The first-order valence-corrected chi connectivity index (χ1v) is 8.88. The summed E-state index contributed by atoms with van der Waals surface area (Å²) >= 11 is 0. The van der Waals surface area contributed by atoms with Crippen molar-refractivity contribution in [3.05, 3.63) is 35.4 Å². The molecule has 1 aromatic rings. The molecule has 1 atom stereocenters. The molecule has 1 saturated heterocycles. The molecule has 0 aromatic heterocycles. The van der Waals surface area contributed by atoms with E-state index in [0.717, 1.165) is 38.8 Å².